The lowest BCUT2D eigenvalue weighted by molar-refractivity contribution is 0.437. The van der Waals surface area contributed by atoms with E-state index in [2.05, 4.69) is 60.4 Å². The summed E-state index contributed by atoms with van der Waals surface area (Å²) >= 11 is 5.36. The summed E-state index contributed by atoms with van der Waals surface area (Å²) in [6, 6.07) is 8.43. The zero-order valence-electron chi connectivity index (χ0n) is 11.8. The van der Waals surface area contributed by atoms with Crippen molar-refractivity contribution in [2.45, 2.75) is 31.6 Å². The maximum atomic E-state index is 5.89. The smallest absolute Gasteiger partial charge is 0.134 e. The van der Waals surface area contributed by atoms with Crippen LogP contribution in [0.4, 0.5) is 0 Å². The number of halogens is 1. The van der Waals surface area contributed by atoms with E-state index in [0.29, 0.717) is 0 Å². The highest BCUT2D eigenvalue weighted by molar-refractivity contribution is 9.10. The molecule has 0 saturated heterocycles. The van der Waals surface area contributed by atoms with E-state index in [-0.39, 0.29) is 10.8 Å². The molecule has 4 heteroatoms. The molecule has 0 aliphatic carbocycles. The second-order valence-corrected chi connectivity index (χ2v) is 7.83. The lowest BCUT2D eigenvalue weighted by Crippen LogP contribution is -2.33. The van der Waals surface area contributed by atoms with Crippen molar-refractivity contribution in [2.24, 2.45) is 0 Å². The molecular formula is C15H20BrNOS. The zero-order valence-corrected chi connectivity index (χ0v) is 14.2. The first-order valence-corrected chi connectivity index (χ1v) is 8.40. The number of hydrogen-bond acceptors (Lipinski definition) is 3. The molecule has 2 nitrogen and oxygen atoms in total. The van der Waals surface area contributed by atoms with E-state index in [1.54, 1.807) is 0 Å². The molecule has 1 heterocycles. The number of hydrogen-bond donors (Lipinski definition) is 1. The van der Waals surface area contributed by atoms with E-state index < -0.39 is 0 Å². The summed E-state index contributed by atoms with van der Waals surface area (Å²) in [4.78, 5) is 0. The Morgan fingerprint density at radius 2 is 2.11 bits per heavy atom. The van der Waals surface area contributed by atoms with Crippen LogP contribution in [0.1, 0.15) is 32.6 Å². The average molecular weight is 342 g/mol. The Balaban J connectivity index is 2.11. The van der Waals surface area contributed by atoms with Crippen molar-refractivity contribution in [1.82, 2.24) is 5.32 Å². The molecule has 1 unspecified atom stereocenters. The second-order valence-electron chi connectivity index (χ2n) is 5.40. The number of fused-ring (bicyclic) bond motifs is 1. The molecule has 0 aliphatic rings. The molecule has 0 radical (unpaired) electrons. The largest absolute Gasteiger partial charge is 0.459 e. The monoisotopic (exact) mass is 341 g/mol. The maximum Gasteiger partial charge on any atom is 0.134 e. The lowest BCUT2D eigenvalue weighted by atomic mass is 10.1. The van der Waals surface area contributed by atoms with Crippen molar-refractivity contribution in [3.8, 4) is 0 Å². The predicted octanol–water partition coefficient (Wildman–Crippen LogP) is 4.99. The second kappa shape index (κ2) is 5.90. The molecule has 2 aromatic rings. The molecule has 0 saturated carbocycles. The fourth-order valence-corrected chi connectivity index (χ4v) is 2.43. The van der Waals surface area contributed by atoms with E-state index in [9.17, 15) is 0 Å². The van der Waals surface area contributed by atoms with E-state index in [1.807, 2.05) is 23.9 Å². The summed E-state index contributed by atoms with van der Waals surface area (Å²) in [6.07, 6.45) is 2.14. The molecule has 1 aromatic heterocycles. The van der Waals surface area contributed by atoms with Crippen LogP contribution < -0.4 is 5.32 Å². The minimum absolute atomic E-state index is 0.220. The van der Waals surface area contributed by atoms with E-state index in [1.165, 1.54) is 0 Å². The topological polar surface area (TPSA) is 25.2 Å². The molecule has 19 heavy (non-hydrogen) atoms. The summed E-state index contributed by atoms with van der Waals surface area (Å²) in [7, 11) is 0. The highest BCUT2D eigenvalue weighted by Crippen LogP contribution is 2.27. The van der Waals surface area contributed by atoms with Gasteiger partial charge in [-0.05, 0) is 51.3 Å². The number of rotatable bonds is 5. The summed E-state index contributed by atoms with van der Waals surface area (Å²) in [5.74, 6) is 0.991. The highest BCUT2D eigenvalue weighted by Gasteiger charge is 2.18. The van der Waals surface area contributed by atoms with Gasteiger partial charge in [-0.15, -0.1) is 0 Å². The molecule has 104 valence electrons. The average Bonchev–Trinajstić information content (AvgIpc) is 2.79. The van der Waals surface area contributed by atoms with Crippen LogP contribution in [-0.4, -0.2) is 17.5 Å². The molecule has 2 rings (SSSR count). The van der Waals surface area contributed by atoms with Gasteiger partial charge in [-0.3, -0.25) is 0 Å². The molecule has 1 aromatic carbocycles. The van der Waals surface area contributed by atoms with Gasteiger partial charge < -0.3 is 9.73 Å². The lowest BCUT2D eigenvalue weighted by Gasteiger charge is -2.24. The van der Waals surface area contributed by atoms with Gasteiger partial charge in [-0.1, -0.05) is 15.9 Å². The third-order valence-corrected chi connectivity index (χ3v) is 5.05. The minimum atomic E-state index is 0.220. The number of thioether (sulfide) groups is 1. The Hall–Kier alpha value is -0.450. The Kier molecular flexibility index (Phi) is 4.64. The van der Waals surface area contributed by atoms with E-state index >= 15 is 0 Å². The van der Waals surface area contributed by atoms with Crippen LogP contribution in [0.25, 0.3) is 11.0 Å². The third kappa shape index (κ3) is 3.77. The first kappa shape index (κ1) is 14.9. The van der Waals surface area contributed by atoms with Crippen molar-refractivity contribution >= 4 is 38.7 Å². The number of furan rings is 1. The Bertz CT molecular complexity index is 564. The van der Waals surface area contributed by atoms with Crippen molar-refractivity contribution in [3.05, 3.63) is 34.5 Å². The van der Waals surface area contributed by atoms with Crippen LogP contribution in [-0.2, 0) is 0 Å². The van der Waals surface area contributed by atoms with Gasteiger partial charge >= 0.3 is 0 Å². The Labute approximate surface area is 127 Å². The van der Waals surface area contributed by atoms with Gasteiger partial charge in [-0.2, -0.15) is 11.8 Å². The standard InChI is InChI=1S/C15H20BrNOS/c1-10(17-9-15(2,3)19-4)14-8-11-7-12(16)5-6-13(11)18-14/h5-8,10,17H,9H2,1-4H3. The van der Waals surface area contributed by atoms with Gasteiger partial charge in [0.1, 0.15) is 11.3 Å². The van der Waals surface area contributed by atoms with Crippen LogP contribution in [0.15, 0.2) is 33.2 Å². The quantitative estimate of drug-likeness (QED) is 0.829. The van der Waals surface area contributed by atoms with Crippen molar-refractivity contribution in [2.75, 3.05) is 12.8 Å². The van der Waals surface area contributed by atoms with Gasteiger partial charge in [0.25, 0.3) is 0 Å². The number of benzene rings is 1. The van der Waals surface area contributed by atoms with Gasteiger partial charge in [0, 0.05) is 21.2 Å². The van der Waals surface area contributed by atoms with Crippen LogP contribution in [0, 0.1) is 0 Å². The molecule has 1 N–H and O–H groups in total. The van der Waals surface area contributed by atoms with Crippen LogP contribution in [0.5, 0.6) is 0 Å². The summed E-state index contributed by atoms with van der Waals surface area (Å²) in [5, 5.41) is 4.68. The Morgan fingerprint density at radius 3 is 2.79 bits per heavy atom. The van der Waals surface area contributed by atoms with Crippen molar-refractivity contribution < 1.29 is 4.42 Å². The molecule has 0 fully saturated rings. The van der Waals surface area contributed by atoms with Crippen molar-refractivity contribution in [1.29, 1.82) is 0 Å². The van der Waals surface area contributed by atoms with Gasteiger partial charge in [-0.25, -0.2) is 0 Å². The zero-order chi connectivity index (χ0) is 14.0. The normalized spacial score (nSPS) is 13.9. The highest BCUT2D eigenvalue weighted by atomic mass is 79.9. The summed E-state index contributed by atoms with van der Waals surface area (Å²) < 4.78 is 7.21. The van der Waals surface area contributed by atoms with E-state index in [0.717, 1.165) is 27.7 Å². The van der Waals surface area contributed by atoms with Crippen molar-refractivity contribution in [3.63, 3.8) is 0 Å². The fourth-order valence-electron chi connectivity index (χ4n) is 1.82. The SMILES string of the molecule is CSC(C)(C)CNC(C)c1cc2cc(Br)ccc2o1. The molecule has 0 spiro atoms. The summed E-state index contributed by atoms with van der Waals surface area (Å²) in [6.45, 7) is 7.58. The fraction of sp³-hybridized carbons (Fsp3) is 0.467. The number of nitrogens with one attached hydrogen (secondary N) is 1. The third-order valence-electron chi connectivity index (χ3n) is 3.31. The van der Waals surface area contributed by atoms with Crippen LogP contribution in [0.3, 0.4) is 0 Å². The van der Waals surface area contributed by atoms with Gasteiger partial charge in [0.05, 0.1) is 6.04 Å². The minimum Gasteiger partial charge on any atom is -0.459 e. The van der Waals surface area contributed by atoms with Crippen LogP contribution in [0.2, 0.25) is 0 Å². The molecule has 0 aliphatic heterocycles. The summed E-state index contributed by atoms with van der Waals surface area (Å²) in [5.41, 5.74) is 0.941. The first-order valence-electron chi connectivity index (χ1n) is 6.39. The maximum absolute atomic E-state index is 5.89. The van der Waals surface area contributed by atoms with Gasteiger partial charge in [0.15, 0.2) is 0 Å². The first-order chi connectivity index (χ1) is 8.91. The molecule has 0 bridgehead atoms. The Morgan fingerprint density at radius 1 is 1.37 bits per heavy atom. The van der Waals surface area contributed by atoms with E-state index in [4.69, 9.17) is 4.42 Å². The molecule has 1 atom stereocenters. The molecular weight excluding hydrogens is 322 g/mol. The molecule has 0 amide bonds. The predicted molar refractivity (Wildman–Crippen MR) is 87.9 cm³/mol. The van der Waals surface area contributed by atoms with Gasteiger partial charge in [0.2, 0.25) is 0 Å². The van der Waals surface area contributed by atoms with Crippen LogP contribution >= 0.6 is 27.7 Å².